The Kier molecular flexibility index (Phi) is 6.61. The number of hydrogen-bond donors (Lipinski definition) is 2. The standard InChI is InChI=1S/C15H25N3O2S/c1-6-15(7-2,9-19)8-16-13(20)12-10(3)17-11(4)18-14(12)21-5/h19H,6-9H2,1-5H3,(H,16,20). The second-order valence-electron chi connectivity index (χ2n) is 5.29. The molecule has 5 nitrogen and oxygen atoms in total. The summed E-state index contributed by atoms with van der Waals surface area (Å²) in [4.78, 5) is 21.1. The van der Waals surface area contributed by atoms with Crippen LogP contribution in [0.5, 0.6) is 0 Å². The molecule has 6 heteroatoms. The van der Waals surface area contributed by atoms with Crippen molar-refractivity contribution in [1.82, 2.24) is 15.3 Å². The first-order chi connectivity index (χ1) is 9.92. The largest absolute Gasteiger partial charge is 0.396 e. The average molecular weight is 311 g/mol. The lowest BCUT2D eigenvalue weighted by molar-refractivity contribution is 0.0847. The summed E-state index contributed by atoms with van der Waals surface area (Å²) in [6.07, 6.45) is 3.53. The minimum Gasteiger partial charge on any atom is -0.396 e. The minimum absolute atomic E-state index is 0.0685. The van der Waals surface area contributed by atoms with Crippen LogP contribution in [0.1, 0.15) is 48.6 Å². The van der Waals surface area contributed by atoms with Gasteiger partial charge in [-0.1, -0.05) is 13.8 Å². The Hall–Kier alpha value is -1.14. The van der Waals surface area contributed by atoms with E-state index in [0.717, 1.165) is 12.8 Å². The van der Waals surface area contributed by atoms with Crippen molar-refractivity contribution in [1.29, 1.82) is 0 Å². The molecule has 0 spiro atoms. The Morgan fingerprint density at radius 3 is 2.38 bits per heavy atom. The highest BCUT2D eigenvalue weighted by atomic mass is 32.2. The van der Waals surface area contributed by atoms with Gasteiger partial charge in [0.2, 0.25) is 0 Å². The molecule has 1 aromatic rings. The Labute approximate surface area is 131 Å². The zero-order valence-corrected chi connectivity index (χ0v) is 14.3. The van der Waals surface area contributed by atoms with Crippen molar-refractivity contribution in [3.8, 4) is 0 Å². The van der Waals surface area contributed by atoms with Crippen LogP contribution in [0.4, 0.5) is 0 Å². The number of carbonyl (C=O) groups excluding carboxylic acids is 1. The van der Waals surface area contributed by atoms with Crippen molar-refractivity contribution < 1.29 is 9.90 Å². The van der Waals surface area contributed by atoms with Gasteiger partial charge in [-0.15, -0.1) is 11.8 Å². The molecule has 0 saturated carbocycles. The Bertz CT molecular complexity index is 494. The first-order valence-corrected chi connectivity index (χ1v) is 8.43. The molecular weight excluding hydrogens is 286 g/mol. The molecule has 0 radical (unpaired) electrons. The molecule has 1 amide bonds. The van der Waals surface area contributed by atoms with E-state index in [0.29, 0.717) is 28.7 Å². The summed E-state index contributed by atoms with van der Waals surface area (Å²) in [5, 5.41) is 13.2. The molecule has 0 unspecified atom stereocenters. The Morgan fingerprint density at radius 1 is 1.29 bits per heavy atom. The maximum Gasteiger partial charge on any atom is 0.255 e. The molecule has 0 bridgehead atoms. The van der Waals surface area contributed by atoms with Crippen LogP contribution in [0, 0.1) is 19.3 Å². The summed E-state index contributed by atoms with van der Waals surface area (Å²) in [6.45, 7) is 8.22. The van der Waals surface area contributed by atoms with Crippen molar-refractivity contribution >= 4 is 17.7 Å². The van der Waals surface area contributed by atoms with Gasteiger partial charge in [0.1, 0.15) is 10.9 Å². The van der Waals surface area contributed by atoms with Gasteiger partial charge in [-0.25, -0.2) is 9.97 Å². The summed E-state index contributed by atoms with van der Waals surface area (Å²) >= 11 is 1.44. The van der Waals surface area contributed by atoms with E-state index in [1.54, 1.807) is 0 Å². The summed E-state index contributed by atoms with van der Waals surface area (Å²) in [6, 6.07) is 0. The zero-order chi connectivity index (χ0) is 16.0. The van der Waals surface area contributed by atoms with Gasteiger partial charge < -0.3 is 10.4 Å². The molecule has 1 rings (SSSR count). The molecule has 1 heterocycles. The number of carbonyl (C=O) groups is 1. The molecule has 118 valence electrons. The second-order valence-corrected chi connectivity index (χ2v) is 6.08. The van der Waals surface area contributed by atoms with Gasteiger partial charge in [0.05, 0.1) is 17.9 Å². The molecule has 0 saturated heterocycles. The van der Waals surface area contributed by atoms with Crippen molar-refractivity contribution in [2.24, 2.45) is 5.41 Å². The monoisotopic (exact) mass is 311 g/mol. The van der Waals surface area contributed by atoms with Gasteiger partial charge in [0, 0.05) is 12.0 Å². The van der Waals surface area contributed by atoms with E-state index < -0.39 is 0 Å². The predicted octanol–water partition coefficient (Wildman–Crippen LogP) is 2.34. The smallest absolute Gasteiger partial charge is 0.255 e. The molecule has 1 aromatic heterocycles. The van der Waals surface area contributed by atoms with Crippen molar-refractivity contribution in [2.45, 2.75) is 45.6 Å². The number of thioether (sulfide) groups is 1. The van der Waals surface area contributed by atoms with Crippen molar-refractivity contribution in [3.63, 3.8) is 0 Å². The fraction of sp³-hybridized carbons (Fsp3) is 0.667. The van der Waals surface area contributed by atoms with Crippen LogP contribution in [0.15, 0.2) is 5.03 Å². The third kappa shape index (κ3) is 4.17. The van der Waals surface area contributed by atoms with Crippen LogP contribution >= 0.6 is 11.8 Å². The fourth-order valence-electron chi connectivity index (χ4n) is 2.23. The van der Waals surface area contributed by atoms with Gasteiger partial charge >= 0.3 is 0 Å². The van der Waals surface area contributed by atoms with E-state index >= 15 is 0 Å². The summed E-state index contributed by atoms with van der Waals surface area (Å²) in [5.74, 6) is 0.497. The summed E-state index contributed by atoms with van der Waals surface area (Å²) in [7, 11) is 0. The molecule has 0 aromatic carbocycles. The third-order valence-corrected chi connectivity index (χ3v) is 4.73. The zero-order valence-electron chi connectivity index (χ0n) is 13.5. The van der Waals surface area contributed by atoms with Crippen LogP contribution in [0.25, 0.3) is 0 Å². The van der Waals surface area contributed by atoms with Crippen molar-refractivity contribution in [3.05, 3.63) is 17.1 Å². The summed E-state index contributed by atoms with van der Waals surface area (Å²) in [5.41, 5.74) is 0.966. The molecule has 0 fully saturated rings. The lowest BCUT2D eigenvalue weighted by atomic mass is 9.83. The normalized spacial score (nSPS) is 11.5. The number of nitrogens with zero attached hydrogens (tertiary/aromatic N) is 2. The topological polar surface area (TPSA) is 75.1 Å². The Morgan fingerprint density at radius 2 is 1.90 bits per heavy atom. The number of amides is 1. The van der Waals surface area contributed by atoms with E-state index in [-0.39, 0.29) is 17.9 Å². The molecule has 0 aliphatic rings. The minimum atomic E-state index is -0.255. The maximum absolute atomic E-state index is 12.5. The number of nitrogens with one attached hydrogen (secondary N) is 1. The lowest BCUT2D eigenvalue weighted by Gasteiger charge is -2.29. The predicted molar refractivity (Wildman–Crippen MR) is 85.7 cm³/mol. The summed E-state index contributed by atoms with van der Waals surface area (Å²) < 4.78 is 0. The van der Waals surface area contributed by atoms with Gasteiger partial charge in [-0.3, -0.25) is 4.79 Å². The van der Waals surface area contributed by atoms with E-state index in [1.807, 2.05) is 34.0 Å². The molecule has 0 aliphatic heterocycles. The highest BCUT2D eigenvalue weighted by Gasteiger charge is 2.27. The van der Waals surface area contributed by atoms with Gasteiger partial charge in [-0.05, 0) is 32.9 Å². The molecule has 0 aliphatic carbocycles. The van der Waals surface area contributed by atoms with Crippen molar-refractivity contribution in [2.75, 3.05) is 19.4 Å². The van der Waals surface area contributed by atoms with E-state index in [4.69, 9.17) is 0 Å². The number of aliphatic hydroxyl groups is 1. The molecular formula is C15H25N3O2S. The number of aliphatic hydroxyl groups excluding tert-OH is 1. The molecule has 2 N–H and O–H groups in total. The Balaban J connectivity index is 2.95. The number of rotatable bonds is 7. The number of aryl methyl sites for hydroxylation is 2. The lowest BCUT2D eigenvalue weighted by Crippen LogP contribution is -2.39. The van der Waals surface area contributed by atoms with Crippen LogP contribution in [-0.2, 0) is 0 Å². The van der Waals surface area contributed by atoms with Crippen LogP contribution in [0.2, 0.25) is 0 Å². The number of hydrogen-bond acceptors (Lipinski definition) is 5. The van der Waals surface area contributed by atoms with E-state index in [2.05, 4.69) is 15.3 Å². The van der Waals surface area contributed by atoms with Gasteiger partial charge in [0.15, 0.2) is 0 Å². The number of aromatic nitrogens is 2. The van der Waals surface area contributed by atoms with Gasteiger partial charge in [0.25, 0.3) is 5.91 Å². The van der Waals surface area contributed by atoms with Crippen LogP contribution in [-0.4, -0.2) is 40.4 Å². The quantitative estimate of drug-likeness (QED) is 0.597. The molecule has 0 atom stereocenters. The van der Waals surface area contributed by atoms with E-state index in [1.165, 1.54) is 11.8 Å². The van der Waals surface area contributed by atoms with Crippen LogP contribution in [0.3, 0.4) is 0 Å². The first-order valence-electron chi connectivity index (χ1n) is 7.21. The highest BCUT2D eigenvalue weighted by molar-refractivity contribution is 7.98. The fourth-order valence-corrected chi connectivity index (χ4v) is 2.89. The van der Waals surface area contributed by atoms with E-state index in [9.17, 15) is 9.90 Å². The SMILES string of the molecule is CCC(CC)(CO)CNC(=O)c1c(C)nc(C)nc1SC. The third-order valence-electron chi connectivity index (χ3n) is 4.05. The van der Waals surface area contributed by atoms with Crippen LogP contribution < -0.4 is 5.32 Å². The first kappa shape index (κ1) is 17.9. The highest BCUT2D eigenvalue weighted by Crippen LogP contribution is 2.25. The van der Waals surface area contributed by atoms with Gasteiger partial charge in [-0.2, -0.15) is 0 Å². The average Bonchev–Trinajstić information content (AvgIpc) is 2.48. The second kappa shape index (κ2) is 7.75. The molecule has 21 heavy (non-hydrogen) atoms. The maximum atomic E-state index is 12.5.